The van der Waals surface area contributed by atoms with Crippen LogP contribution in [0.1, 0.15) is 20.3 Å². The quantitative estimate of drug-likeness (QED) is 0.517. The van der Waals surface area contributed by atoms with Gasteiger partial charge in [-0.15, -0.1) is 0 Å². The van der Waals surface area contributed by atoms with Crippen LogP contribution in [0.2, 0.25) is 0 Å². The molecule has 1 amide bonds. The third-order valence-corrected chi connectivity index (χ3v) is 1.46. The highest BCUT2D eigenvalue weighted by atomic mass is 16.1. The number of hydrogen-bond acceptors (Lipinski definition) is 1. The second-order valence-electron chi connectivity index (χ2n) is 2.08. The number of carbonyl (C=O) groups is 1. The molecule has 2 heteroatoms. The van der Waals surface area contributed by atoms with Gasteiger partial charge in [-0.3, -0.25) is 4.79 Å². The van der Waals surface area contributed by atoms with Crippen LogP contribution in [0.15, 0.2) is 16.1 Å². The maximum absolute atomic E-state index is 10.8. The molecule has 48 valence electrons. The summed E-state index contributed by atoms with van der Waals surface area (Å²) in [6.07, 6.45) is 2.42. The maximum Gasteiger partial charge on any atom is 0.273 e. The molecule has 0 radical (unpaired) electrons. The molecule has 9 heavy (non-hydrogen) atoms. The molecule has 0 fully saturated rings. The first-order valence-corrected chi connectivity index (χ1v) is 3.04. The fraction of sp³-hybridized carbons (Fsp3) is 0.429. The third kappa shape index (κ3) is 0.922. The van der Waals surface area contributed by atoms with Gasteiger partial charge in [0.2, 0.25) is 0 Å². The van der Waals surface area contributed by atoms with Gasteiger partial charge in [-0.25, -0.2) is 4.99 Å². The summed E-state index contributed by atoms with van der Waals surface area (Å²) in [7, 11) is 0. The lowest BCUT2D eigenvalue weighted by atomic mass is 10.1. The number of aliphatic imine (C=N–C) groups is 1. The standard InChI is InChI=1S/C7H9NO/c1-3-6-5(2)4-8-7(6)9/h4H,3H2,1-2H3. The lowest BCUT2D eigenvalue weighted by Crippen LogP contribution is -1.92. The van der Waals surface area contributed by atoms with Gasteiger partial charge in [0.15, 0.2) is 0 Å². The normalized spacial score (nSPS) is 17.8. The molecular weight excluding hydrogens is 114 g/mol. The van der Waals surface area contributed by atoms with E-state index in [0.29, 0.717) is 0 Å². The van der Waals surface area contributed by atoms with E-state index in [4.69, 9.17) is 0 Å². The zero-order chi connectivity index (χ0) is 6.85. The first-order chi connectivity index (χ1) is 4.25. The summed E-state index contributed by atoms with van der Waals surface area (Å²) >= 11 is 0. The van der Waals surface area contributed by atoms with Crippen molar-refractivity contribution in [2.24, 2.45) is 4.99 Å². The second kappa shape index (κ2) is 2.13. The van der Waals surface area contributed by atoms with Gasteiger partial charge in [0.1, 0.15) is 0 Å². The van der Waals surface area contributed by atoms with Gasteiger partial charge in [-0.2, -0.15) is 0 Å². The van der Waals surface area contributed by atoms with Crippen molar-refractivity contribution in [3.8, 4) is 0 Å². The largest absolute Gasteiger partial charge is 0.273 e. The Morgan fingerprint density at radius 2 is 2.33 bits per heavy atom. The summed E-state index contributed by atoms with van der Waals surface area (Å²) in [4.78, 5) is 14.4. The van der Waals surface area contributed by atoms with Crippen molar-refractivity contribution in [3.05, 3.63) is 11.1 Å². The molecule has 1 rings (SSSR count). The number of allylic oxidation sites excluding steroid dienone is 1. The highest BCUT2D eigenvalue weighted by Crippen LogP contribution is 2.13. The Labute approximate surface area is 54.3 Å². The molecule has 0 N–H and O–H groups in total. The SMILES string of the molecule is CCC1=C(C)C=NC1=O. The van der Waals surface area contributed by atoms with Crippen molar-refractivity contribution in [1.29, 1.82) is 0 Å². The minimum Gasteiger partial charge on any atom is -0.267 e. The van der Waals surface area contributed by atoms with Crippen molar-refractivity contribution in [3.63, 3.8) is 0 Å². The van der Waals surface area contributed by atoms with Crippen LogP contribution in [0.5, 0.6) is 0 Å². The molecule has 2 nitrogen and oxygen atoms in total. The van der Waals surface area contributed by atoms with Crippen LogP contribution in [0.25, 0.3) is 0 Å². The van der Waals surface area contributed by atoms with E-state index in [2.05, 4.69) is 4.99 Å². The lowest BCUT2D eigenvalue weighted by Gasteiger charge is -1.91. The van der Waals surface area contributed by atoms with Gasteiger partial charge in [0.25, 0.3) is 5.91 Å². The third-order valence-electron chi connectivity index (χ3n) is 1.46. The van der Waals surface area contributed by atoms with E-state index in [9.17, 15) is 4.79 Å². The predicted octanol–water partition coefficient (Wildman–Crippen LogP) is 1.32. The molecule has 1 aliphatic heterocycles. The number of nitrogens with zero attached hydrogens (tertiary/aromatic N) is 1. The monoisotopic (exact) mass is 123 g/mol. The van der Waals surface area contributed by atoms with E-state index in [-0.39, 0.29) is 5.91 Å². The summed E-state index contributed by atoms with van der Waals surface area (Å²) in [6.45, 7) is 3.87. The van der Waals surface area contributed by atoms with Gasteiger partial charge >= 0.3 is 0 Å². The zero-order valence-electron chi connectivity index (χ0n) is 5.64. The molecule has 0 aliphatic carbocycles. The van der Waals surface area contributed by atoms with Crippen molar-refractivity contribution in [1.82, 2.24) is 0 Å². The van der Waals surface area contributed by atoms with E-state index < -0.39 is 0 Å². The molecule has 0 saturated heterocycles. The van der Waals surface area contributed by atoms with Crippen LogP contribution in [0.3, 0.4) is 0 Å². The summed E-state index contributed by atoms with van der Waals surface area (Å²) in [5, 5.41) is 0. The molecule has 0 saturated carbocycles. The molecule has 1 heterocycles. The molecule has 0 aromatic carbocycles. The minimum absolute atomic E-state index is 0.0602. The first-order valence-electron chi connectivity index (χ1n) is 3.04. The molecule has 1 aliphatic rings. The van der Waals surface area contributed by atoms with Crippen LogP contribution in [-0.4, -0.2) is 12.1 Å². The second-order valence-corrected chi connectivity index (χ2v) is 2.08. The van der Waals surface area contributed by atoms with Crippen LogP contribution >= 0.6 is 0 Å². The lowest BCUT2D eigenvalue weighted by molar-refractivity contribution is -0.114. The Hall–Kier alpha value is -0.920. The van der Waals surface area contributed by atoms with Crippen LogP contribution in [0.4, 0.5) is 0 Å². The Morgan fingerprint density at radius 1 is 1.67 bits per heavy atom. The number of carbonyl (C=O) groups excluding carboxylic acids is 1. The maximum atomic E-state index is 10.8. The van der Waals surface area contributed by atoms with Gasteiger partial charge < -0.3 is 0 Å². The van der Waals surface area contributed by atoms with Crippen LogP contribution in [-0.2, 0) is 4.79 Å². The molecular formula is C7H9NO. The number of hydrogen-bond donors (Lipinski definition) is 0. The average Bonchev–Trinajstić information content (AvgIpc) is 2.12. The first kappa shape index (κ1) is 6.20. The Morgan fingerprint density at radius 3 is 2.56 bits per heavy atom. The minimum atomic E-state index is -0.0602. The Kier molecular flexibility index (Phi) is 1.47. The molecule has 0 unspecified atom stereocenters. The topological polar surface area (TPSA) is 29.4 Å². The van der Waals surface area contributed by atoms with E-state index >= 15 is 0 Å². The predicted molar refractivity (Wildman–Crippen MR) is 36.5 cm³/mol. The van der Waals surface area contributed by atoms with Crippen molar-refractivity contribution in [2.75, 3.05) is 0 Å². The van der Waals surface area contributed by atoms with E-state index in [1.165, 1.54) is 0 Å². The average molecular weight is 123 g/mol. The van der Waals surface area contributed by atoms with E-state index in [1.54, 1.807) is 6.21 Å². The number of amides is 1. The summed E-state index contributed by atoms with van der Waals surface area (Å²) in [5.74, 6) is -0.0602. The van der Waals surface area contributed by atoms with Gasteiger partial charge in [0.05, 0.1) is 0 Å². The van der Waals surface area contributed by atoms with Crippen LogP contribution in [0, 0.1) is 0 Å². The summed E-state index contributed by atoms with van der Waals surface area (Å²) in [6, 6.07) is 0. The van der Waals surface area contributed by atoms with Crippen molar-refractivity contribution < 1.29 is 4.79 Å². The van der Waals surface area contributed by atoms with Gasteiger partial charge in [-0.05, 0) is 18.9 Å². The molecule has 0 bridgehead atoms. The zero-order valence-corrected chi connectivity index (χ0v) is 5.64. The van der Waals surface area contributed by atoms with Crippen molar-refractivity contribution in [2.45, 2.75) is 20.3 Å². The highest BCUT2D eigenvalue weighted by molar-refractivity contribution is 6.10. The number of rotatable bonds is 1. The smallest absolute Gasteiger partial charge is 0.267 e. The molecule has 0 spiro atoms. The van der Waals surface area contributed by atoms with E-state index in [1.807, 2.05) is 13.8 Å². The Balaban J connectivity index is 2.92. The molecule has 0 aromatic heterocycles. The summed E-state index contributed by atoms with van der Waals surface area (Å²) < 4.78 is 0. The fourth-order valence-corrected chi connectivity index (χ4v) is 0.910. The summed E-state index contributed by atoms with van der Waals surface area (Å²) in [5.41, 5.74) is 1.87. The van der Waals surface area contributed by atoms with E-state index in [0.717, 1.165) is 17.6 Å². The van der Waals surface area contributed by atoms with Crippen LogP contribution < -0.4 is 0 Å². The Bertz CT molecular complexity index is 201. The van der Waals surface area contributed by atoms with Crippen molar-refractivity contribution >= 4 is 12.1 Å². The van der Waals surface area contributed by atoms with Gasteiger partial charge in [0, 0.05) is 11.8 Å². The highest BCUT2D eigenvalue weighted by Gasteiger charge is 2.12. The molecule has 0 atom stereocenters. The molecule has 0 aromatic rings. The van der Waals surface area contributed by atoms with Gasteiger partial charge in [-0.1, -0.05) is 6.92 Å². The fourth-order valence-electron chi connectivity index (χ4n) is 0.910.